The highest BCUT2D eigenvalue weighted by molar-refractivity contribution is 5.94. The van der Waals surface area contributed by atoms with E-state index in [2.05, 4.69) is 10.3 Å². The first-order chi connectivity index (χ1) is 8.56. The van der Waals surface area contributed by atoms with Gasteiger partial charge >= 0.3 is 0 Å². The topological polar surface area (TPSA) is 46.9 Å². The number of hydrogen-bond donors (Lipinski definition) is 1. The van der Waals surface area contributed by atoms with Gasteiger partial charge in [0.15, 0.2) is 5.78 Å². The molecule has 0 radical (unpaired) electrons. The number of ketones is 1. The lowest BCUT2D eigenvalue weighted by molar-refractivity contribution is 0.101. The van der Waals surface area contributed by atoms with Gasteiger partial charge in [0.2, 0.25) is 0 Å². The molecular formula is C13H14FN3O. The molecule has 0 bridgehead atoms. The van der Waals surface area contributed by atoms with Gasteiger partial charge in [0.25, 0.3) is 0 Å². The molecule has 94 valence electrons. The van der Waals surface area contributed by atoms with E-state index < -0.39 is 5.82 Å². The van der Waals surface area contributed by atoms with Crippen LogP contribution in [0.2, 0.25) is 0 Å². The molecule has 1 aromatic carbocycles. The van der Waals surface area contributed by atoms with Gasteiger partial charge in [-0.15, -0.1) is 0 Å². The Bertz CT molecular complexity index is 577. The van der Waals surface area contributed by atoms with Crippen molar-refractivity contribution in [1.82, 2.24) is 9.55 Å². The first-order valence-electron chi connectivity index (χ1n) is 5.58. The first-order valence-corrected chi connectivity index (χ1v) is 5.58. The molecule has 1 N–H and O–H groups in total. The minimum Gasteiger partial charge on any atom is -0.378 e. The molecule has 1 aromatic heterocycles. The molecule has 0 saturated carbocycles. The molecule has 1 heterocycles. The number of aryl methyl sites for hydroxylation is 1. The van der Waals surface area contributed by atoms with E-state index in [0.29, 0.717) is 17.8 Å². The van der Waals surface area contributed by atoms with Crippen LogP contribution in [0.5, 0.6) is 0 Å². The number of nitrogens with one attached hydrogen (secondary N) is 1. The molecule has 0 aliphatic rings. The second-order valence-corrected chi connectivity index (χ2v) is 4.09. The number of hydrogen-bond acceptors (Lipinski definition) is 3. The van der Waals surface area contributed by atoms with Crippen molar-refractivity contribution < 1.29 is 9.18 Å². The number of benzene rings is 1. The maximum absolute atomic E-state index is 13.3. The van der Waals surface area contributed by atoms with E-state index in [-0.39, 0.29) is 5.78 Å². The molecule has 2 aromatic rings. The van der Waals surface area contributed by atoms with Crippen LogP contribution < -0.4 is 5.32 Å². The minimum absolute atomic E-state index is 0.158. The van der Waals surface area contributed by atoms with Crippen molar-refractivity contribution in [2.24, 2.45) is 7.05 Å². The summed E-state index contributed by atoms with van der Waals surface area (Å²) >= 11 is 0. The molecule has 2 rings (SSSR count). The fourth-order valence-corrected chi connectivity index (χ4v) is 1.64. The highest BCUT2D eigenvalue weighted by Crippen LogP contribution is 2.15. The summed E-state index contributed by atoms with van der Waals surface area (Å²) in [5.74, 6) is 0.253. The number of carbonyl (C=O) groups is 1. The molecule has 18 heavy (non-hydrogen) atoms. The number of nitrogens with zero attached hydrogens (tertiary/aromatic N) is 2. The highest BCUT2D eigenvalue weighted by Gasteiger charge is 2.05. The summed E-state index contributed by atoms with van der Waals surface area (Å²) in [6.07, 6.45) is 3.53. The van der Waals surface area contributed by atoms with Crippen LogP contribution in [0.4, 0.5) is 10.1 Å². The van der Waals surface area contributed by atoms with E-state index in [9.17, 15) is 9.18 Å². The fraction of sp³-hybridized carbons (Fsp3) is 0.231. The third-order valence-electron chi connectivity index (χ3n) is 2.68. The van der Waals surface area contributed by atoms with Crippen LogP contribution in [-0.4, -0.2) is 15.3 Å². The van der Waals surface area contributed by atoms with Crippen molar-refractivity contribution in [3.8, 4) is 0 Å². The maximum atomic E-state index is 13.3. The molecular weight excluding hydrogens is 233 g/mol. The Balaban J connectivity index is 2.14. The quantitative estimate of drug-likeness (QED) is 0.844. The van der Waals surface area contributed by atoms with E-state index >= 15 is 0 Å². The van der Waals surface area contributed by atoms with Crippen molar-refractivity contribution >= 4 is 11.5 Å². The average molecular weight is 247 g/mol. The molecule has 4 nitrogen and oxygen atoms in total. The molecule has 0 fully saturated rings. The number of imidazole rings is 1. The number of halogens is 1. The molecule has 0 unspecified atom stereocenters. The van der Waals surface area contributed by atoms with Crippen LogP contribution in [0.3, 0.4) is 0 Å². The predicted molar refractivity (Wildman–Crippen MR) is 66.9 cm³/mol. The Labute approximate surface area is 104 Å². The highest BCUT2D eigenvalue weighted by atomic mass is 19.1. The van der Waals surface area contributed by atoms with E-state index in [0.717, 1.165) is 5.82 Å². The second kappa shape index (κ2) is 5.00. The number of carbonyl (C=O) groups excluding carboxylic acids is 1. The zero-order chi connectivity index (χ0) is 13.1. The van der Waals surface area contributed by atoms with Crippen LogP contribution in [0.1, 0.15) is 23.1 Å². The summed E-state index contributed by atoms with van der Waals surface area (Å²) < 4.78 is 15.2. The zero-order valence-corrected chi connectivity index (χ0v) is 10.3. The monoisotopic (exact) mass is 247 g/mol. The van der Waals surface area contributed by atoms with Crippen molar-refractivity contribution in [2.45, 2.75) is 13.5 Å². The minimum atomic E-state index is -0.426. The Morgan fingerprint density at radius 3 is 2.83 bits per heavy atom. The summed E-state index contributed by atoms with van der Waals surface area (Å²) in [5.41, 5.74) is 0.931. The van der Waals surface area contributed by atoms with Gasteiger partial charge < -0.3 is 9.88 Å². The van der Waals surface area contributed by atoms with Crippen molar-refractivity contribution in [3.05, 3.63) is 47.8 Å². The van der Waals surface area contributed by atoms with Gasteiger partial charge in [-0.05, 0) is 25.1 Å². The summed E-state index contributed by atoms with van der Waals surface area (Å²) in [7, 11) is 1.89. The summed E-state index contributed by atoms with van der Waals surface area (Å²) in [5, 5.41) is 3.05. The Morgan fingerprint density at radius 2 is 2.22 bits per heavy atom. The van der Waals surface area contributed by atoms with E-state index in [1.54, 1.807) is 12.3 Å². The van der Waals surface area contributed by atoms with Gasteiger partial charge in [-0.3, -0.25) is 4.79 Å². The predicted octanol–water partition coefficient (Wildman–Crippen LogP) is 2.37. The van der Waals surface area contributed by atoms with Crippen LogP contribution in [0.15, 0.2) is 30.6 Å². The third kappa shape index (κ3) is 2.74. The van der Waals surface area contributed by atoms with Gasteiger partial charge in [-0.25, -0.2) is 9.37 Å². The van der Waals surface area contributed by atoms with Gasteiger partial charge in [-0.2, -0.15) is 0 Å². The van der Waals surface area contributed by atoms with Crippen LogP contribution in [-0.2, 0) is 13.6 Å². The lowest BCUT2D eigenvalue weighted by atomic mass is 10.1. The second-order valence-electron chi connectivity index (χ2n) is 4.09. The van der Waals surface area contributed by atoms with Crippen molar-refractivity contribution in [2.75, 3.05) is 5.32 Å². The SMILES string of the molecule is CC(=O)c1cc(F)cc(NCc2nccn2C)c1. The van der Waals surface area contributed by atoms with Crippen LogP contribution in [0.25, 0.3) is 0 Å². The van der Waals surface area contributed by atoms with Gasteiger partial charge in [-0.1, -0.05) is 0 Å². The Hall–Kier alpha value is -2.17. The first kappa shape index (κ1) is 12.3. The number of aromatic nitrogens is 2. The normalized spacial score (nSPS) is 10.4. The number of anilines is 1. The van der Waals surface area contributed by atoms with Gasteiger partial charge in [0.1, 0.15) is 11.6 Å². The van der Waals surface area contributed by atoms with Crippen LogP contribution >= 0.6 is 0 Å². The summed E-state index contributed by atoms with van der Waals surface area (Å²) in [6.45, 7) is 1.89. The largest absolute Gasteiger partial charge is 0.378 e. The molecule has 0 amide bonds. The Kier molecular flexibility index (Phi) is 3.41. The Morgan fingerprint density at radius 1 is 1.44 bits per heavy atom. The van der Waals surface area contributed by atoms with Gasteiger partial charge in [0, 0.05) is 30.7 Å². The standard InChI is InChI=1S/C13H14FN3O/c1-9(18)10-5-11(14)7-12(6-10)16-8-13-15-3-4-17(13)2/h3-7,16H,8H2,1-2H3. The molecule has 0 atom stereocenters. The molecule has 0 aliphatic carbocycles. The summed E-state index contributed by atoms with van der Waals surface area (Å²) in [6, 6.07) is 4.22. The smallest absolute Gasteiger partial charge is 0.159 e. The molecule has 0 saturated heterocycles. The fourth-order valence-electron chi connectivity index (χ4n) is 1.64. The van der Waals surface area contributed by atoms with E-state index in [1.165, 1.54) is 19.1 Å². The molecule has 0 aliphatic heterocycles. The van der Waals surface area contributed by atoms with Crippen molar-refractivity contribution in [1.29, 1.82) is 0 Å². The number of rotatable bonds is 4. The van der Waals surface area contributed by atoms with E-state index in [1.807, 2.05) is 17.8 Å². The summed E-state index contributed by atoms with van der Waals surface area (Å²) in [4.78, 5) is 15.4. The van der Waals surface area contributed by atoms with E-state index in [4.69, 9.17) is 0 Å². The lowest BCUT2D eigenvalue weighted by Gasteiger charge is -2.08. The zero-order valence-electron chi connectivity index (χ0n) is 10.3. The molecule has 5 heteroatoms. The van der Waals surface area contributed by atoms with Crippen molar-refractivity contribution in [3.63, 3.8) is 0 Å². The molecule has 0 spiro atoms. The lowest BCUT2D eigenvalue weighted by Crippen LogP contribution is -2.06. The average Bonchev–Trinajstić information content (AvgIpc) is 2.71. The van der Waals surface area contributed by atoms with Crippen LogP contribution in [0, 0.1) is 5.82 Å². The maximum Gasteiger partial charge on any atom is 0.159 e. The number of Topliss-reactive ketones (excluding diaryl/α,β-unsaturated/α-hetero) is 1. The third-order valence-corrected chi connectivity index (χ3v) is 2.68. The van der Waals surface area contributed by atoms with Gasteiger partial charge in [0.05, 0.1) is 6.54 Å².